The van der Waals surface area contributed by atoms with Crippen LogP contribution < -0.4 is 5.32 Å². The molecule has 2 nitrogen and oxygen atoms in total. The minimum atomic E-state index is -0.0914. The largest absolute Gasteiger partial charge is 0.349 e. The van der Waals surface area contributed by atoms with Gasteiger partial charge in [0, 0.05) is 11.1 Å². The number of carbonyl (C=O) groups excluding carboxylic acids is 1. The maximum absolute atomic E-state index is 12.5. The average molecular weight is 326 g/mol. The number of benzene rings is 1. The second kappa shape index (κ2) is 4.89. The van der Waals surface area contributed by atoms with E-state index in [0.717, 1.165) is 6.42 Å². The molecule has 1 N–H and O–H groups in total. The van der Waals surface area contributed by atoms with Gasteiger partial charge in [-0.2, -0.15) is 0 Å². The fourth-order valence-corrected chi connectivity index (χ4v) is 4.83. The fourth-order valence-electron chi connectivity index (χ4n) is 4.33. The van der Waals surface area contributed by atoms with Crippen molar-refractivity contribution in [2.24, 2.45) is 16.7 Å². The van der Waals surface area contributed by atoms with Crippen LogP contribution in [0.1, 0.15) is 50.4 Å². The molecule has 4 heteroatoms. The number of fused-ring (bicyclic) bond motifs is 2. The van der Waals surface area contributed by atoms with Gasteiger partial charge >= 0.3 is 0 Å². The molecule has 2 aliphatic carbocycles. The van der Waals surface area contributed by atoms with Gasteiger partial charge in [0.1, 0.15) is 0 Å². The number of rotatable bonds is 2. The quantitative estimate of drug-likeness (QED) is 0.819. The summed E-state index contributed by atoms with van der Waals surface area (Å²) < 4.78 is 0. The summed E-state index contributed by atoms with van der Waals surface area (Å²) in [6.45, 7) is 6.99. The first-order valence-corrected chi connectivity index (χ1v) is 8.27. The van der Waals surface area contributed by atoms with Crippen LogP contribution in [-0.4, -0.2) is 11.9 Å². The van der Waals surface area contributed by atoms with Crippen LogP contribution in [0.25, 0.3) is 0 Å². The Labute approximate surface area is 136 Å². The molecular formula is C17H21Cl2NO. The lowest BCUT2D eigenvalue weighted by molar-refractivity contribution is 0.0826. The molecule has 0 aromatic heterocycles. The number of carbonyl (C=O) groups is 1. The van der Waals surface area contributed by atoms with Gasteiger partial charge in [0.25, 0.3) is 5.91 Å². The van der Waals surface area contributed by atoms with E-state index in [1.54, 1.807) is 18.2 Å². The predicted octanol–water partition coefficient (Wildman–Crippen LogP) is 4.94. The Hall–Kier alpha value is -0.730. The van der Waals surface area contributed by atoms with Gasteiger partial charge in [-0.15, -0.1) is 0 Å². The molecule has 0 radical (unpaired) electrons. The highest BCUT2D eigenvalue weighted by Crippen LogP contribution is 2.65. The highest BCUT2D eigenvalue weighted by atomic mass is 35.5. The van der Waals surface area contributed by atoms with Crippen molar-refractivity contribution in [1.29, 1.82) is 0 Å². The molecule has 0 aliphatic heterocycles. The molecule has 2 fully saturated rings. The molecule has 1 aromatic carbocycles. The summed E-state index contributed by atoms with van der Waals surface area (Å²) in [6, 6.07) is 5.24. The third kappa shape index (κ3) is 2.19. The van der Waals surface area contributed by atoms with Gasteiger partial charge in [-0.25, -0.2) is 0 Å². The van der Waals surface area contributed by atoms with E-state index >= 15 is 0 Å². The zero-order valence-corrected chi connectivity index (χ0v) is 14.2. The normalized spacial score (nSPS) is 33.2. The van der Waals surface area contributed by atoms with E-state index in [0.29, 0.717) is 21.5 Å². The van der Waals surface area contributed by atoms with Crippen molar-refractivity contribution in [3.05, 3.63) is 33.8 Å². The van der Waals surface area contributed by atoms with E-state index in [4.69, 9.17) is 23.2 Å². The van der Waals surface area contributed by atoms with Gasteiger partial charge in [0.15, 0.2) is 0 Å². The highest BCUT2D eigenvalue weighted by Gasteiger charge is 2.61. The zero-order valence-electron chi connectivity index (χ0n) is 12.7. The molecule has 3 rings (SSSR count). The summed E-state index contributed by atoms with van der Waals surface area (Å²) in [4.78, 5) is 12.5. The predicted molar refractivity (Wildman–Crippen MR) is 86.9 cm³/mol. The van der Waals surface area contributed by atoms with E-state index < -0.39 is 0 Å². The molecule has 2 saturated carbocycles. The number of nitrogens with one attached hydrogen (secondary N) is 1. The Morgan fingerprint density at radius 2 is 2.00 bits per heavy atom. The Balaban J connectivity index is 1.80. The molecule has 0 heterocycles. The van der Waals surface area contributed by atoms with Gasteiger partial charge < -0.3 is 5.32 Å². The minimum absolute atomic E-state index is 0.0914. The standard InChI is InChI=1S/C17H21Cl2NO/c1-16(2)10-6-7-17(16,3)14(8-10)20-15(21)12-5-4-11(18)9-13(12)19/h4-5,9-10,14H,6-8H2,1-3H3,(H,20,21)/t10-,14-,17+/m0/s1. The third-order valence-corrected chi connectivity index (χ3v) is 6.82. The van der Waals surface area contributed by atoms with Crippen molar-refractivity contribution in [1.82, 2.24) is 5.32 Å². The summed E-state index contributed by atoms with van der Waals surface area (Å²) in [5.74, 6) is 0.611. The summed E-state index contributed by atoms with van der Waals surface area (Å²) in [7, 11) is 0. The van der Waals surface area contributed by atoms with Crippen molar-refractivity contribution >= 4 is 29.1 Å². The number of halogens is 2. The summed E-state index contributed by atoms with van der Waals surface area (Å²) >= 11 is 12.0. The number of amides is 1. The van der Waals surface area contributed by atoms with Gasteiger partial charge in [-0.05, 0) is 54.2 Å². The number of hydrogen-bond acceptors (Lipinski definition) is 1. The van der Waals surface area contributed by atoms with E-state index in [9.17, 15) is 4.79 Å². The Morgan fingerprint density at radius 3 is 2.52 bits per heavy atom. The van der Waals surface area contributed by atoms with Crippen molar-refractivity contribution in [2.75, 3.05) is 0 Å². The van der Waals surface area contributed by atoms with E-state index in [2.05, 4.69) is 26.1 Å². The zero-order chi connectivity index (χ0) is 15.4. The molecule has 2 bridgehead atoms. The van der Waals surface area contributed by atoms with Gasteiger partial charge in [0.2, 0.25) is 0 Å². The molecule has 3 atom stereocenters. The van der Waals surface area contributed by atoms with Crippen molar-refractivity contribution in [3.8, 4) is 0 Å². The number of hydrogen-bond donors (Lipinski definition) is 1. The van der Waals surface area contributed by atoms with Crippen LogP contribution in [0.4, 0.5) is 0 Å². The fraction of sp³-hybridized carbons (Fsp3) is 0.588. The second-order valence-electron chi connectivity index (χ2n) is 7.26. The first-order chi connectivity index (χ1) is 9.75. The second-order valence-corrected chi connectivity index (χ2v) is 8.10. The molecule has 21 heavy (non-hydrogen) atoms. The van der Waals surface area contributed by atoms with Crippen molar-refractivity contribution in [3.63, 3.8) is 0 Å². The van der Waals surface area contributed by atoms with E-state index in [1.807, 2.05) is 0 Å². The topological polar surface area (TPSA) is 29.1 Å². The lowest BCUT2D eigenvalue weighted by Crippen LogP contribution is -2.46. The first-order valence-electron chi connectivity index (χ1n) is 7.51. The van der Waals surface area contributed by atoms with Gasteiger partial charge in [-0.3, -0.25) is 4.79 Å². The SMILES string of the molecule is CC1(C)[C@H]2CC[C@]1(C)[C@@H](NC(=O)c1ccc(Cl)cc1Cl)C2. The highest BCUT2D eigenvalue weighted by molar-refractivity contribution is 6.36. The van der Waals surface area contributed by atoms with E-state index in [1.165, 1.54) is 12.8 Å². The molecule has 2 aliphatic rings. The van der Waals surface area contributed by atoms with Gasteiger partial charge in [-0.1, -0.05) is 44.0 Å². The Morgan fingerprint density at radius 1 is 1.29 bits per heavy atom. The Kier molecular flexibility index (Phi) is 3.53. The van der Waals surface area contributed by atoms with Crippen LogP contribution in [0.2, 0.25) is 10.0 Å². The lowest BCUT2D eigenvalue weighted by Gasteiger charge is -2.39. The van der Waals surface area contributed by atoms with E-state index in [-0.39, 0.29) is 22.8 Å². The van der Waals surface area contributed by atoms with Gasteiger partial charge in [0.05, 0.1) is 10.6 Å². The first kappa shape index (κ1) is 15.2. The maximum atomic E-state index is 12.5. The van der Waals surface area contributed by atoms with Crippen LogP contribution in [0.3, 0.4) is 0 Å². The van der Waals surface area contributed by atoms with Crippen LogP contribution in [-0.2, 0) is 0 Å². The minimum Gasteiger partial charge on any atom is -0.349 e. The molecule has 0 spiro atoms. The van der Waals surface area contributed by atoms with Crippen LogP contribution in [0.5, 0.6) is 0 Å². The smallest absolute Gasteiger partial charge is 0.253 e. The summed E-state index contributed by atoms with van der Waals surface area (Å²) in [6.07, 6.45) is 3.53. The summed E-state index contributed by atoms with van der Waals surface area (Å²) in [5.41, 5.74) is 0.964. The Bertz CT molecular complexity index is 598. The van der Waals surface area contributed by atoms with Crippen molar-refractivity contribution in [2.45, 2.75) is 46.1 Å². The molecule has 1 amide bonds. The molecule has 1 aromatic rings. The van der Waals surface area contributed by atoms with Crippen LogP contribution in [0.15, 0.2) is 18.2 Å². The summed E-state index contributed by atoms with van der Waals surface area (Å²) in [5, 5.41) is 4.17. The molecule has 0 saturated heterocycles. The van der Waals surface area contributed by atoms with Crippen LogP contribution >= 0.6 is 23.2 Å². The molecule has 0 unspecified atom stereocenters. The maximum Gasteiger partial charge on any atom is 0.253 e. The third-order valence-electron chi connectivity index (χ3n) is 6.28. The van der Waals surface area contributed by atoms with Crippen molar-refractivity contribution < 1.29 is 4.79 Å². The molecular weight excluding hydrogens is 305 g/mol. The lowest BCUT2D eigenvalue weighted by atomic mass is 9.69. The van der Waals surface area contributed by atoms with Crippen LogP contribution in [0, 0.1) is 16.7 Å². The molecule has 114 valence electrons. The monoisotopic (exact) mass is 325 g/mol. The average Bonchev–Trinajstić information content (AvgIpc) is 2.71.